The van der Waals surface area contributed by atoms with E-state index in [1.807, 2.05) is 55.5 Å². The van der Waals surface area contributed by atoms with Crippen LogP contribution >= 0.6 is 11.6 Å². The molecule has 0 spiro atoms. The van der Waals surface area contributed by atoms with E-state index >= 15 is 0 Å². The summed E-state index contributed by atoms with van der Waals surface area (Å²) in [6, 6.07) is 15.1. The number of amides is 1. The van der Waals surface area contributed by atoms with Gasteiger partial charge >= 0.3 is 0 Å². The van der Waals surface area contributed by atoms with Crippen molar-refractivity contribution in [3.8, 4) is 0 Å². The van der Waals surface area contributed by atoms with E-state index in [2.05, 4.69) is 5.32 Å². The van der Waals surface area contributed by atoms with Crippen molar-refractivity contribution >= 4 is 23.2 Å². The lowest BCUT2D eigenvalue weighted by atomic mass is 10.00. The summed E-state index contributed by atoms with van der Waals surface area (Å²) in [6.45, 7) is 2.49. The maximum Gasteiger partial charge on any atom is 0.227 e. The van der Waals surface area contributed by atoms with E-state index in [1.165, 1.54) is 0 Å². The van der Waals surface area contributed by atoms with Crippen molar-refractivity contribution in [1.82, 2.24) is 5.32 Å². The third kappa shape index (κ3) is 4.50. The number of rotatable bonds is 5. The molecule has 2 rings (SSSR count). The zero-order chi connectivity index (χ0) is 15.2. The molecular formula is C17H19ClN2O. The molecule has 0 fully saturated rings. The molecule has 0 aliphatic rings. The second kappa shape index (κ2) is 7.14. The summed E-state index contributed by atoms with van der Waals surface area (Å²) in [5.41, 5.74) is 8.50. The lowest BCUT2D eigenvalue weighted by molar-refractivity contribution is -0.122. The molecule has 2 aromatic rings. The Hall–Kier alpha value is -2.00. The quantitative estimate of drug-likeness (QED) is 0.832. The first kappa shape index (κ1) is 15.4. The number of carbonyl (C=O) groups excluding carboxylic acids is 1. The summed E-state index contributed by atoms with van der Waals surface area (Å²) in [7, 11) is 0. The van der Waals surface area contributed by atoms with Gasteiger partial charge in [0.05, 0.1) is 5.92 Å². The number of nitrogens with one attached hydrogen (secondary N) is 1. The van der Waals surface area contributed by atoms with Gasteiger partial charge in [-0.05, 0) is 48.7 Å². The Bertz CT molecular complexity index is 610. The molecular weight excluding hydrogens is 284 g/mol. The van der Waals surface area contributed by atoms with Gasteiger partial charge in [-0.3, -0.25) is 4.79 Å². The SMILES string of the molecule is CC(C(=O)NCCc1ccc(Cl)cc1)c1cccc(N)c1. The largest absolute Gasteiger partial charge is 0.399 e. The number of hydrogen-bond donors (Lipinski definition) is 2. The van der Waals surface area contributed by atoms with E-state index in [9.17, 15) is 4.79 Å². The summed E-state index contributed by atoms with van der Waals surface area (Å²) in [4.78, 5) is 12.1. The van der Waals surface area contributed by atoms with Gasteiger partial charge in [0.15, 0.2) is 0 Å². The van der Waals surface area contributed by atoms with Crippen molar-refractivity contribution in [1.29, 1.82) is 0 Å². The number of hydrogen-bond acceptors (Lipinski definition) is 2. The first-order chi connectivity index (χ1) is 10.1. The predicted octanol–water partition coefficient (Wildman–Crippen LogP) is 3.38. The fourth-order valence-corrected chi connectivity index (χ4v) is 2.24. The Labute approximate surface area is 130 Å². The van der Waals surface area contributed by atoms with Crippen LogP contribution in [0.4, 0.5) is 5.69 Å². The molecule has 0 saturated carbocycles. The number of halogens is 1. The Kier molecular flexibility index (Phi) is 5.23. The van der Waals surface area contributed by atoms with Crippen LogP contribution < -0.4 is 11.1 Å². The van der Waals surface area contributed by atoms with Gasteiger partial charge in [-0.25, -0.2) is 0 Å². The predicted molar refractivity (Wildman–Crippen MR) is 87.4 cm³/mol. The molecule has 3 N–H and O–H groups in total. The fourth-order valence-electron chi connectivity index (χ4n) is 2.11. The normalized spacial score (nSPS) is 11.9. The third-order valence-corrected chi connectivity index (χ3v) is 3.68. The summed E-state index contributed by atoms with van der Waals surface area (Å²) in [5, 5.41) is 3.67. The highest BCUT2D eigenvalue weighted by Gasteiger charge is 2.14. The van der Waals surface area contributed by atoms with Crippen molar-refractivity contribution in [2.24, 2.45) is 0 Å². The second-order valence-electron chi connectivity index (χ2n) is 5.06. The van der Waals surface area contributed by atoms with E-state index in [0.717, 1.165) is 22.6 Å². The molecule has 0 aliphatic carbocycles. The number of carbonyl (C=O) groups is 1. The summed E-state index contributed by atoms with van der Waals surface area (Å²) in [5.74, 6) is -0.201. The number of nitrogens with two attached hydrogens (primary N) is 1. The Morgan fingerprint density at radius 2 is 1.95 bits per heavy atom. The Morgan fingerprint density at radius 3 is 2.62 bits per heavy atom. The van der Waals surface area contributed by atoms with E-state index in [4.69, 9.17) is 17.3 Å². The maximum atomic E-state index is 12.1. The Morgan fingerprint density at radius 1 is 1.24 bits per heavy atom. The lowest BCUT2D eigenvalue weighted by Crippen LogP contribution is -2.29. The molecule has 4 heteroatoms. The summed E-state index contributed by atoms with van der Waals surface area (Å²) >= 11 is 5.84. The number of benzene rings is 2. The van der Waals surface area contributed by atoms with E-state index in [0.29, 0.717) is 12.2 Å². The maximum absolute atomic E-state index is 12.1. The van der Waals surface area contributed by atoms with Gasteiger partial charge in [0.25, 0.3) is 0 Å². The van der Waals surface area contributed by atoms with Crippen LogP contribution in [0.3, 0.4) is 0 Å². The van der Waals surface area contributed by atoms with E-state index in [1.54, 1.807) is 0 Å². The van der Waals surface area contributed by atoms with Gasteiger partial charge in [-0.1, -0.05) is 35.9 Å². The van der Waals surface area contributed by atoms with Crippen LogP contribution in [0, 0.1) is 0 Å². The number of nitrogen functional groups attached to an aromatic ring is 1. The minimum absolute atomic E-state index is 0.00886. The summed E-state index contributed by atoms with van der Waals surface area (Å²) < 4.78 is 0. The van der Waals surface area contributed by atoms with E-state index in [-0.39, 0.29) is 11.8 Å². The third-order valence-electron chi connectivity index (χ3n) is 3.43. The fraction of sp³-hybridized carbons (Fsp3) is 0.235. The highest BCUT2D eigenvalue weighted by Crippen LogP contribution is 2.17. The molecule has 1 atom stereocenters. The molecule has 110 valence electrons. The Balaban J connectivity index is 1.85. The van der Waals surface area contributed by atoms with Gasteiger partial charge in [0.2, 0.25) is 5.91 Å². The standard InChI is InChI=1S/C17H19ClN2O/c1-12(14-3-2-4-16(19)11-14)17(21)20-10-9-13-5-7-15(18)8-6-13/h2-8,11-12H,9-10,19H2,1H3,(H,20,21). The molecule has 0 saturated heterocycles. The highest BCUT2D eigenvalue weighted by molar-refractivity contribution is 6.30. The van der Waals surface area contributed by atoms with Crippen molar-refractivity contribution in [2.75, 3.05) is 12.3 Å². The molecule has 21 heavy (non-hydrogen) atoms. The van der Waals surface area contributed by atoms with E-state index < -0.39 is 0 Å². The first-order valence-electron chi connectivity index (χ1n) is 6.94. The van der Waals surface area contributed by atoms with Gasteiger partial charge in [-0.15, -0.1) is 0 Å². The van der Waals surface area contributed by atoms with Crippen molar-refractivity contribution in [2.45, 2.75) is 19.3 Å². The van der Waals surface area contributed by atoms with Crippen LogP contribution in [0.2, 0.25) is 5.02 Å². The van der Waals surface area contributed by atoms with Crippen molar-refractivity contribution in [3.05, 3.63) is 64.7 Å². The van der Waals surface area contributed by atoms with Crippen molar-refractivity contribution < 1.29 is 4.79 Å². The average molecular weight is 303 g/mol. The molecule has 0 heterocycles. The average Bonchev–Trinajstić information content (AvgIpc) is 2.48. The number of anilines is 1. The van der Waals surface area contributed by atoms with Crippen LogP contribution in [0.5, 0.6) is 0 Å². The van der Waals surface area contributed by atoms with Gasteiger partial charge in [0, 0.05) is 17.3 Å². The molecule has 0 bridgehead atoms. The van der Waals surface area contributed by atoms with Crippen LogP contribution in [-0.2, 0) is 11.2 Å². The van der Waals surface area contributed by atoms with Crippen LogP contribution in [0.15, 0.2) is 48.5 Å². The molecule has 0 radical (unpaired) electrons. The van der Waals surface area contributed by atoms with Crippen LogP contribution in [0.25, 0.3) is 0 Å². The smallest absolute Gasteiger partial charge is 0.227 e. The zero-order valence-electron chi connectivity index (χ0n) is 12.0. The van der Waals surface area contributed by atoms with Crippen molar-refractivity contribution in [3.63, 3.8) is 0 Å². The van der Waals surface area contributed by atoms with Gasteiger partial charge in [0.1, 0.15) is 0 Å². The van der Waals surface area contributed by atoms with Gasteiger partial charge < -0.3 is 11.1 Å². The van der Waals surface area contributed by atoms with Crippen LogP contribution in [0.1, 0.15) is 24.0 Å². The lowest BCUT2D eigenvalue weighted by Gasteiger charge is -2.13. The molecule has 0 aromatic heterocycles. The molecule has 1 amide bonds. The minimum atomic E-state index is -0.210. The monoisotopic (exact) mass is 302 g/mol. The minimum Gasteiger partial charge on any atom is -0.399 e. The molecule has 2 aromatic carbocycles. The highest BCUT2D eigenvalue weighted by atomic mass is 35.5. The van der Waals surface area contributed by atoms with Crippen LogP contribution in [-0.4, -0.2) is 12.5 Å². The zero-order valence-corrected chi connectivity index (χ0v) is 12.7. The molecule has 3 nitrogen and oxygen atoms in total. The second-order valence-corrected chi connectivity index (χ2v) is 5.50. The topological polar surface area (TPSA) is 55.1 Å². The summed E-state index contributed by atoms with van der Waals surface area (Å²) in [6.07, 6.45) is 0.784. The molecule has 1 unspecified atom stereocenters. The first-order valence-corrected chi connectivity index (χ1v) is 7.31. The van der Waals surface area contributed by atoms with Gasteiger partial charge in [-0.2, -0.15) is 0 Å². The molecule has 0 aliphatic heterocycles.